The Morgan fingerprint density at radius 1 is 0.453 bits per heavy atom. The Hall–Kier alpha value is -1.10. The van der Waals surface area contributed by atoms with E-state index in [1.165, 1.54) is 11.1 Å². The Morgan fingerprint density at radius 3 is 1.15 bits per heavy atom. The van der Waals surface area contributed by atoms with Crippen LogP contribution < -0.4 is 0 Å². The Morgan fingerprint density at radius 2 is 0.792 bits per heavy atom. The molecule has 0 rings (SSSR count). The van der Waals surface area contributed by atoms with Gasteiger partial charge in [0.2, 0.25) is 0 Å². The molecule has 0 fully saturated rings. The van der Waals surface area contributed by atoms with Crippen LogP contribution in [-0.4, -0.2) is 87.2 Å². The molecule has 0 heterocycles. The number of aliphatic hydroxyl groups excluding tert-OH is 2. The van der Waals surface area contributed by atoms with Gasteiger partial charge in [0.1, 0.15) is 0 Å². The Bertz CT molecular complexity index is 1080. The highest BCUT2D eigenvalue weighted by Gasteiger charge is 2.32. The second-order valence-electron chi connectivity index (χ2n) is 18.8. The van der Waals surface area contributed by atoms with Gasteiger partial charge in [0.15, 0.2) is 0 Å². The number of hydrogen-bond acceptors (Lipinski definition) is 8. The highest BCUT2D eigenvalue weighted by molar-refractivity contribution is 5.04. The average molecular weight is 755 g/mol. The van der Waals surface area contributed by atoms with Crippen molar-refractivity contribution in [2.75, 3.05) is 6.61 Å². The molecule has 0 saturated heterocycles. The van der Waals surface area contributed by atoms with Gasteiger partial charge in [-0.05, 0) is 204 Å². The van der Waals surface area contributed by atoms with Crippen molar-refractivity contribution in [2.24, 2.45) is 0 Å². The van der Waals surface area contributed by atoms with E-state index < -0.39 is 39.7 Å². The van der Waals surface area contributed by atoms with Gasteiger partial charge < -0.3 is 40.9 Å². The normalized spacial score (nSPS) is 20.3. The Labute approximate surface area is 325 Å². The molecule has 0 aliphatic heterocycles. The molecule has 0 spiro atoms. The number of allylic oxidation sites excluding steroid dienone is 5. The lowest BCUT2D eigenvalue weighted by Crippen LogP contribution is -2.39. The summed E-state index contributed by atoms with van der Waals surface area (Å²) in [5, 5.41) is 85.3. The maximum atomic E-state index is 11.0. The van der Waals surface area contributed by atoms with E-state index in [1.54, 1.807) is 13.8 Å². The molecule has 314 valence electrons. The third-order valence-corrected chi connectivity index (χ3v) is 11.4. The van der Waals surface area contributed by atoms with Crippen molar-refractivity contribution in [1.82, 2.24) is 0 Å². The van der Waals surface area contributed by atoms with Crippen molar-refractivity contribution in [3.8, 4) is 0 Å². The minimum Gasteiger partial charge on any atom is -0.392 e. The zero-order valence-corrected chi connectivity index (χ0v) is 35.9. The molecule has 0 aliphatic rings. The van der Waals surface area contributed by atoms with Crippen LogP contribution in [0.2, 0.25) is 0 Å². The van der Waals surface area contributed by atoms with Crippen LogP contribution in [0.3, 0.4) is 0 Å². The van der Waals surface area contributed by atoms with Crippen molar-refractivity contribution in [2.45, 2.75) is 244 Å². The third kappa shape index (κ3) is 28.0. The molecular formula is C45H86O8. The van der Waals surface area contributed by atoms with Gasteiger partial charge in [-0.1, -0.05) is 34.9 Å². The van der Waals surface area contributed by atoms with Crippen LogP contribution >= 0.6 is 0 Å². The molecule has 7 atom stereocenters. The molecule has 53 heavy (non-hydrogen) atoms. The topological polar surface area (TPSA) is 162 Å². The highest BCUT2D eigenvalue weighted by Crippen LogP contribution is 2.32. The van der Waals surface area contributed by atoms with Gasteiger partial charge in [-0.15, -0.1) is 0 Å². The lowest BCUT2D eigenvalue weighted by molar-refractivity contribution is -0.0746. The van der Waals surface area contributed by atoms with Gasteiger partial charge in [-0.25, -0.2) is 0 Å². The van der Waals surface area contributed by atoms with E-state index in [0.717, 1.165) is 31.3 Å². The Kier molecular flexibility index (Phi) is 24.0. The van der Waals surface area contributed by atoms with Crippen LogP contribution in [0, 0.1) is 0 Å². The highest BCUT2D eigenvalue weighted by atomic mass is 16.3. The zero-order chi connectivity index (χ0) is 41.0. The first kappa shape index (κ1) is 51.9. The van der Waals surface area contributed by atoms with Gasteiger partial charge >= 0.3 is 0 Å². The summed E-state index contributed by atoms with van der Waals surface area (Å²) < 4.78 is 0. The minimum absolute atomic E-state index is 0.0565. The van der Waals surface area contributed by atoms with Crippen molar-refractivity contribution in [1.29, 1.82) is 0 Å². The first-order valence-corrected chi connectivity index (χ1v) is 20.8. The summed E-state index contributed by atoms with van der Waals surface area (Å²) in [6.07, 6.45) is 18.5. The molecule has 0 aromatic heterocycles. The fraction of sp³-hybridized carbons (Fsp3) is 0.867. The molecule has 8 N–H and O–H groups in total. The summed E-state index contributed by atoms with van der Waals surface area (Å²) in [4.78, 5) is 0. The number of hydrogen-bond donors (Lipinski definition) is 8. The standard InChI is InChI=1S/C45H86O8/c1-36(2)18-12-24-40(5,48)25-13-26-41(6,49)27-14-28-42(7,50)29-15-30-43(8,51)31-16-32-44(9,52)33-17-34-45(10,53)39(47)22-21-37(3)19-11-20-38(4)23-35-46/h18-19,23,39,46-53H,11-17,20-22,24-35H2,1-10H3/b37-19+,38-23+/t39-,40+,41-,42+,43+,44+,45+/m1/s1. The Balaban J connectivity index is 4.45. The fourth-order valence-corrected chi connectivity index (χ4v) is 7.27. The predicted octanol–water partition coefficient (Wildman–Crippen LogP) is 8.90. The quantitative estimate of drug-likeness (QED) is 0.0326. The van der Waals surface area contributed by atoms with Crippen LogP contribution in [0.15, 0.2) is 34.9 Å². The molecule has 0 aromatic rings. The number of aliphatic hydroxyl groups is 8. The van der Waals surface area contributed by atoms with Crippen LogP contribution in [0.4, 0.5) is 0 Å². The predicted molar refractivity (Wildman–Crippen MR) is 221 cm³/mol. The van der Waals surface area contributed by atoms with Gasteiger partial charge in [-0.3, -0.25) is 0 Å². The van der Waals surface area contributed by atoms with E-state index in [4.69, 9.17) is 5.11 Å². The number of rotatable bonds is 31. The first-order valence-electron chi connectivity index (χ1n) is 20.8. The van der Waals surface area contributed by atoms with E-state index in [-0.39, 0.29) is 6.61 Å². The average Bonchev–Trinajstić information content (AvgIpc) is 2.98. The maximum Gasteiger partial charge on any atom is 0.0877 e. The molecule has 0 saturated carbocycles. The van der Waals surface area contributed by atoms with E-state index in [9.17, 15) is 35.7 Å². The van der Waals surface area contributed by atoms with Crippen molar-refractivity contribution >= 4 is 0 Å². The largest absolute Gasteiger partial charge is 0.392 e. The second-order valence-corrected chi connectivity index (χ2v) is 18.8. The third-order valence-electron chi connectivity index (χ3n) is 11.4. The molecular weight excluding hydrogens is 668 g/mol. The summed E-state index contributed by atoms with van der Waals surface area (Å²) in [6, 6.07) is 0. The fourth-order valence-electron chi connectivity index (χ4n) is 7.27. The van der Waals surface area contributed by atoms with Crippen LogP contribution in [0.1, 0.15) is 204 Å². The molecule has 0 radical (unpaired) electrons. The summed E-state index contributed by atoms with van der Waals surface area (Å²) in [7, 11) is 0. The van der Waals surface area contributed by atoms with E-state index in [1.807, 2.05) is 47.6 Å². The van der Waals surface area contributed by atoms with Crippen molar-refractivity contribution < 1.29 is 40.9 Å². The van der Waals surface area contributed by atoms with Crippen molar-refractivity contribution in [3.05, 3.63) is 34.9 Å². The SMILES string of the molecule is CC(C)=CCC[C@](C)(O)CCC[C@@](C)(O)CCC[C@](C)(O)CCC[C@](C)(O)CCC[C@](C)(O)CCC[C@](C)(O)[C@H](O)CC/C(C)=C/CC/C(C)=C/CO. The summed E-state index contributed by atoms with van der Waals surface area (Å²) in [6.45, 7) is 19.0. The zero-order valence-electron chi connectivity index (χ0n) is 35.9. The molecule has 8 heteroatoms. The van der Waals surface area contributed by atoms with E-state index in [0.29, 0.717) is 109 Å². The summed E-state index contributed by atoms with van der Waals surface area (Å²) >= 11 is 0. The van der Waals surface area contributed by atoms with E-state index >= 15 is 0 Å². The lowest BCUT2D eigenvalue weighted by Gasteiger charge is -2.32. The maximum absolute atomic E-state index is 11.0. The van der Waals surface area contributed by atoms with Gasteiger partial charge in [0, 0.05) is 0 Å². The molecule has 0 bridgehead atoms. The second kappa shape index (κ2) is 24.5. The smallest absolute Gasteiger partial charge is 0.0877 e. The van der Waals surface area contributed by atoms with Crippen LogP contribution in [0.25, 0.3) is 0 Å². The van der Waals surface area contributed by atoms with Crippen LogP contribution in [-0.2, 0) is 0 Å². The molecule has 0 amide bonds. The summed E-state index contributed by atoms with van der Waals surface area (Å²) in [5.74, 6) is 0. The van der Waals surface area contributed by atoms with Crippen molar-refractivity contribution in [3.63, 3.8) is 0 Å². The molecule has 0 unspecified atom stereocenters. The van der Waals surface area contributed by atoms with Crippen LogP contribution in [0.5, 0.6) is 0 Å². The first-order chi connectivity index (χ1) is 24.2. The molecule has 0 aliphatic carbocycles. The van der Waals surface area contributed by atoms with Gasteiger partial charge in [-0.2, -0.15) is 0 Å². The summed E-state index contributed by atoms with van der Waals surface area (Å²) in [5.41, 5.74) is -1.97. The molecule has 0 aromatic carbocycles. The lowest BCUT2D eigenvalue weighted by atomic mass is 9.83. The molecule has 8 nitrogen and oxygen atoms in total. The van der Waals surface area contributed by atoms with Gasteiger partial charge in [0.05, 0.1) is 46.3 Å². The minimum atomic E-state index is -1.24. The monoisotopic (exact) mass is 755 g/mol. The van der Waals surface area contributed by atoms with E-state index in [2.05, 4.69) is 26.0 Å². The van der Waals surface area contributed by atoms with Gasteiger partial charge in [0.25, 0.3) is 0 Å².